The third kappa shape index (κ3) is 3.93. The zero-order chi connectivity index (χ0) is 13.9. The highest BCUT2D eigenvalue weighted by molar-refractivity contribution is 4.89. The van der Waals surface area contributed by atoms with E-state index < -0.39 is 0 Å². The number of hydrogen-bond donors (Lipinski definition) is 1. The first kappa shape index (κ1) is 15.3. The standard InChI is InChI=1S/C16H31NO2/c1-4-13-5-9-16(12-17,10-6-13)18-11-14-7-8-15(2,3)19-14/h13-14H,4-12,17H2,1-3H3. The van der Waals surface area contributed by atoms with Crippen LogP contribution in [0.5, 0.6) is 0 Å². The minimum Gasteiger partial charge on any atom is -0.371 e. The van der Waals surface area contributed by atoms with Crippen molar-refractivity contribution in [3.63, 3.8) is 0 Å². The first-order valence-corrected chi connectivity index (χ1v) is 8.00. The summed E-state index contributed by atoms with van der Waals surface area (Å²) in [6.45, 7) is 7.99. The molecule has 1 heterocycles. The summed E-state index contributed by atoms with van der Waals surface area (Å²) in [5.74, 6) is 0.880. The topological polar surface area (TPSA) is 44.5 Å². The zero-order valence-corrected chi connectivity index (χ0v) is 12.9. The highest BCUT2D eigenvalue weighted by Gasteiger charge is 2.37. The van der Waals surface area contributed by atoms with E-state index in [2.05, 4.69) is 20.8 Å². The van der Waals surface area contributed by atoms with Crippen LogP contribution in [-0.2, 0) is 9.47 Å². The molecule has 3 heteroatoms. The van der Waals surface area contributed by atoms with Crippen molar-refractivity contribution in [3.8, 4) is 0 Å². The van der Waals surface area contributed by atoms with Gasteiger partial charge in [0.2, 0.25) is 0 Å². The van der Waals surface area contributed by atoms with Crippen molar-refractivity contribution in [1.29, 1.82) is 0 Å². The van der Waals surface area contributed by atoms with Crippen LogP contribution in [0.25, 0.3) is 0 Å². The number of rotatable bonds is 5. The van der Waals surface area contributed by atoms with Gasteiger partial charge >= 0.3 is 0 Å². The minimum atomic E-state index is -0.0677. The summed E-state index contributed by atoms with van der Waals surface area (Å²) in [7, 11) is 0. The molecule has 112 valence electrons. The molecule has 2 N–H and O–H groups in total. The van der Waals surface area contributed by atoms with E-state index in [1.54, 1.807) is 0 Å². The molecule has 0 aromatic heterocycles. The highest BCUT2D eigenvalue weighted by atomic mass is 16.6. The van der Waals surface area contributed by atoms with Crippen LogP contribution in [0.2, 0.25) is 0 Å². The summed E-state index contributed by atoms with van der Waals surface area (Å²) in [6.07, 6.45) is 8.59. The fourth-order valence-corrected chi connectivity index (χ4v) is 3.48. The van der Waals surface area contributed by atoms with Crippen molar-refractivity contribution in [2.45, 2.75) is 83.0 Å². The molecule has 1 saturated carbocycles. The first-order valence-electron chi connectivity index (χ1n) is 8.00. The van der Waals surface area contributed by atoms with Gasteiger partial charge < -0.3 is 15.2 Å². The lowest BCUT2D eigenvalue weighted by Crippen LogP contribution is -2.45. The maximum Gasteiger partial charge on any atom is 0.0817 e. The van der Waals surface area contributed by atoms with Gasteiger partial charge in [-0.1, -0.05) is 13.3 Å². The van der Waals surface area contributed by atoms with Crippen molar-refractivity contribution in [2.24, 2.45) is 11.7 Å². The van der Waals surface area contributed by atoms with E-state index in [0.29, 0.717) is 6.54 Å². The van der Waals surface area contributed by atoms with Crippen LogP contribution in [0.1, 0.15) is 65.7 Å². The molecular weight excluding hydrogens is 238 g/mol. The predicted molar refractivity (Wildman–Crippen MR) is 78.2 cm³/mol. The molecule has 0 bridgehead atoms. The Hall–Kier alpha value is -0.120. The number of ether oxygens (including phenoxy) is 2. The van der Waals surface area contributed by atoms with Crippen LogP contribution in [0, 0.1) is 5.92 Å². The van der Waals surface area contributed by atoms with E-state index in [9.17, 15) is 0 Å². The molecule has 2 fully saturated rings. The number of hydrogen-bond acceptors (Lipinski definition) is 3. The molecule has 1 aliphatic carbocycles. The lowest BCUT2D eigenvalue weighted by Gasteiger charge is -2.39. The van der Waals surface area contributed by atoms with Gasteiger partial charge in [-0.15, -0.1) is 0 Å². The number of nitrogens with two attached hydrogens (primary N) is 1. The molecule has 1 aliphatic heterocycles. The zero-order valence-electron chi connectivity index (χ0n) is 12.9. The van der Waals surface area contributed by atoms with Gasteiger partial charge in [0.15, 0.2) is 0 Å². The summed E-state index contributed by atoms with van der Waals surface area (Å²) >= 11 is 0. The van der Waals surface area contributed by atoms with Gasteiger partial charge in [0.25, 0.3) is 0 Å². The van der Waals surface area contributed by atoms with Crippen molar-refractivity contribution < 1.29 is 9.47 Å². The molecule has 0 radical (unpaired) electrons. The molecule has 2 rings (SSSR count). The van der Waals surface area contributed by atoms with Gasteiger partial charge in [-0.05, 0) is 58.3 Å². The third-order valence-electron chi connectivity index (χ3n) is 5.10. The summed E-state index contributed by atoms with van der Waals surface area (Å²) < 4.78 is 12.2. The van der Waals surface area contributed by atoms with Crippen LogP contribution in [0.4, 0.5) is 0 Å². The predicted octanol–water partition coefficient (Wildman–Crippen LogP) is 3.26. The second kappa shape index (κ2) is 6.11. The maximum absolute atomic E-state index is 6.24. The molecule has 1 saturated heterocycles. The van der Waals surface area contributed by atoms with Gasteiger partial charge in [-0.3, -0.25) is 0 Å². The van der Waals surface area contributed by atoms with E-state index in [1.807, 2.05) is 0 Å². The van der Waals surface area contributed by atoms with Crippen molar-refractivity contribution in [3.05, 3.63) is 0 Å². The Kier molecular flexibility index (Phi) is 4.91. The lowest BCUT2D eigenvalue weighted by atomic mass is 9.77. The third-order valence-corrected chi connectivity index (χ3v) is 5.10. The summed E-state index contributed by atoms with van der Waals surface area (Å²) in [4.78, 5) is 0. The average molecular weight is 269 g/mol. The van der Waals surface area contributed by atoms with Crippen LogP contribution in [0.15, 0.2) is 0 Å². The fourth-order valence-electron chi connectivity index (χ4n) is 3.48. The molecule has 0 aromatic carbocycles. The molecule has 19 heavy (non-hydrogen) atoms. The van der Waals surface area contributed by atoms with E-state index in [4.69, 9.17) is 15.2 Å². The highest BCUT2D eigenvalue weighted by Crippen LogP contribution is 2.37. The van der Waals surface area contributed by atoms with Crippen molar-refractivity contribution >= 4 is 0 Å². The van der Waals surface area contributed by atoms with Crippen LogP contribution in [-0.4, -0.2) is 30.5 Å². The van der Waals surface area contributed by atoms with Gasteiger partial charge in [-0.2, -0.15) is 0 Å². The van der Waals surface area contributed by atoms with Crippen molar-refractivity contribution in [2.75, 3.05) is 13.2 Å². The SMILES string of the molecule is CCC1CCC(CN)(OCC2CCC(C)(C)O2)CC1. The second-order valence-corrected chi connectivity index (χ2v) is 7.09. The molecule has 3 nitrogen and oxygen atoms in total. The van der Waals surface area contributed by atoms with Gasteiger partial charge in [0.05, 0.1) is 23.9 Å². The maximum atomic E-state index is 6.24. The Balaban J connectivity index is 1.80. The Bertz CT molecular complexity index is 282. The Morgan fingerprint density at radius 3 is 2.32 bits per heavy atom. The normalized spacial score (nSPS) is 38.5. The average Bonchev–Trinajstić information content (AvgIpc) is 2.77. The molecule has 1 atom stereocenters. The quantitative estimate of drug-likeness (QED) is 0.833. The Labute approximate surface area is 118 Å². The Morgan fingerprint density at radius 1 is 1.16 bits per heavy atom. The first-order chi connectivity index (χ1) is 8.99. The Morgan fingerprint density at radius 2 is 1.84 bits per heavy atom. The van der Waals surface area contributed by atoms with Crippen LogP contribution >= 0.6 is 0 Å². The largest absolute Gasteiger partial charge is 0.371 e. The van der Waals surface area contributed by atoms with Gasteiger partial charge in [0, 0.05) is 6.54 Å². The van der Waals surface area contributed by atoms with Crippen LogP contribution < -0.4 is 5.73 Å². The molecule has 0 spiro atoms. The summed E-state index contributed by atoms with van der Waals surface area (Å²) in [5.41, 5.74) is 5.96. The molecule has 2 aliphatic rings. The lowest BCUT2D eigenvalue weighted by molar-refractivity contribution is -0.121. The van der Waals surface area contributed by atoms with Crippen molar-refractivity contribution in [1.82, 2.24) is 0 Å². The van der Waals surface area contributed by atoms with E-state index in [-0.39, 0.29) is 17.3 Å². The van der Waals surface area contributed by atoms with E-state index >= 15 is 0 Å². The van der Waals surface area contributed by atoms with Crippen LogP contribution in [0.3, 0.4) is 0 Å². The monoisotopic (exact) mass is 269 g/mol. The van der Waals surface area contributed by atoms with Gasteiger partial charge in [-0.25, -0.2) is 0 Å². The fraction of sp³-hybridized carbons (Fsp3) is 1.00. The molecule has 1 unspecified atom stereocenters. The summed E-state index contributed by atoms with van der Waals surface area (Å²) in [5, 5.41) is 0. The molecular formula is C16H31NO2. The van der Waals surface area contributed by atoms with E-state index in [1.165, 1.54) is 19.3 Å². The molecule has 0 aromatic rings. The summed E-state index contributed by atoms with van der Waals surface area (Å²) in [6, 6.07) is 0. The molecule has 0 amide bonds. The van der Waals surface area contributed by atoms with Gasteiger partial charge in [0.1, 0.15) is 0 Å². The minimum absolute atomic E-state index is 0.0315. The van der Waals surface area contributed by atoms with E-state index in [0.717, 1.165) is 38.2 Å². The smallest absolute Gasteiger partial charge is 0.0817 e. The second-order valence-electron chi connectivity index (χ2n) is 7.09.